The number of furan rings is 1. The summed E-state index contributed by atoms with van der Waals surface area (Å²) in [4.78, 5) is 17.1. The Bertz CT molecular complexity index is 1190. The number of morpholine rings is 1. The van der Waals surface area contributed by atoms with Crippen LogP contribution < -0.4 is 5.32 Å². The van der Waals surface area contributed by atoms with Crippen LogP contribution in [0.5, 0.6) is 0 Å². The highest BCUT2D eigenvalue weighted by Crippen LogP contribution is 2.26. The SMILES string of the molecule is Cc1ccc(-c2nc(CC(=O)Nc3ccc(S(=O)(=O)N4CC(C)OC(C)C4)cc3)cs2)o1. The molecule has 0 aliphatic carbocycles. The summed E-state index contributed by atoms with van der Waals surface area (Å²) in [6.45, 7) is 6.22. The summed E-state index contributed by atoms with van der Waals surface area (Å²) in [5.74, 6) is 1.25. The van der Waals surface area contributed by atoms with E-state index in [-0.39, 0.29) is 29.4 Å². The number of anilines is 1. The molecule has 170 valence electrons. The number of hydrogen-bond donors (Lipinski definition) is 1. The van der Waals surface area contributed by atoms with E-state index in [4.69, 9.17) is 9.15 Å². The first kappa shape index (κ1) is 22.7. The molecule has 1 aliphatic rings. The van der Waals surface area contributed by atoms with E-state index in [0.717, 1.165) is 10.8 Å². The van der Waals surface area contributed by atoms with Crippen molar-refractivity contribution in [2.45, 2.75) is 44.3 Å². The Morgan fingerprint density at radius 3 is 2.47 bits per heavy atom. The number of amides is 1. The molecule has 0 radical (unpaired) electrons. The fourth-order valence-corrected chi connectivity index (χ4v) is 5.98. The molecule has 1 fully saturated rings. The lowest BCUT2D eigenvalue weighted by molar-refractivity contribution is -0.115. The molecule has 8 nitrogen and oxygen atoms in total. The predicted octanol–water partition coefficient (Wildman–Crippen LogP) is 3.69. The smallest absolute Gasteiger partial charge is 0.243 e. The summed E-state index contributed by atoms with van der Waals surface area (Å²) in [5, 5.41) is 5.34. The van der Waals surface area contributed by atoms with Crippen molar-refractivity contribution in [1.82, 2.24) is 9.29 Å². The lowest BCUT2D eigenvalue weighted by Crippen LogP contribution is -2.48. The number of nitrogens with zero attached hydrogens (tertiary/aromatic N) is 2. The Morgan fingerprint density at radius 2 is 1.84 bits per heavy atom. The Morgan fingerprint density at radius 1 is 1.16 bits per heavy atom. The van der Waals surface area contributed by atoms with Crippen LogP contribution in [0.3, 0.4) is 0 Å². The summed E-state index contributed by atoms with van der Waals surface area (Å²) in [7, 11) is -3.62. The molecular formula is C22H25N3O5S2. The fraction of sp³-hybridized carbons (Fsp3) is 0.364. The lowest BCUT2D eigenvalue weighted by atomic mass is 10.3. The summed E-state index contributed by atoms with van der Waals surface area (Å²) in [6.07, 6.45) is -0.204. The third-order valence-corrected chi connectivity index (χ3v) is 7.76. The molecule has 1 aliphatic heterocycles. The summed E-state index contributed by atoms with van der Waals surface area (Å²) in [6, 6.07) is 9.93. The molecule has 3 aromatic rings. The molecule has 0 bridgehead atoms. The van der Waals surface area contributed by atoms with Gasteiger partial charge in [-0.25, -0.2) is 13.4 Å². The number of thiazole rings is 1. The molecule has 1 amide bonds. The lowest BCUT2D eigenvalue weighted by Gasteiger charge is -2.34. The van der Waals surface area contributed by atoms with E-state index in [9.17, 15) is 13.2 Å². The Hall–Kier alpha value is -2.53. The maximum Gasteiger partial charge on any atom is 0.243 e. The van der Waals surface area contributed by atoms with Crippen molar-refractivity contribution in [3.8, 4) is 10.8 Å². The van der Waals surface area contributed by atoms with Crippen LogP contribution in [0.25, 0.3) is 10.8 Å². The van der Waals surface area contributed by atoms with E-state index in [1.54, 1.807) is 12.1 Å². The highest BCUT2D eigenvalue weighted by Gasteiger charge is 2.32. The van der Waals surface area contributed by atoms with Gasteiger partial charge in [0.2, 0.25) is 15.9 Å². The van der Waals surface area contributed by atoms with Crippen molar-refractivity contribution in [2.24, 2.45) is 0 Å². The zero-order chi connectivity index (χ0) is 22.9. The van der Waals surface area contributed by atoms with Gasteiger partial charge >= 0.3 is 0 Å². The number of ether oxygens (including phenoxy) is 1. The van der Waals surface area contributed by atoms with Gasteiger partial charge < -0.3 is 14.5 Å². The number of carbonyl (C=O) groups excluding carboxylic acids is 1. The van der Waals surface area contributed by atoms with E-state index >= 15 is 0 Å². The second-order valence-electron chi connectivity index (χ2n) is 7.88. The van der Waals surface area contributed by atoms with E-state index in [1.165, 1.54) is 27.8 Å². The third kappa shape index (κ3) is 5.09. The molecule has 1 N–H and O–H groups in total. The number of carbonyl (C=O) groups is 1. The topological polar surface area (TPSA) is 102 Å². The van der Waals surface area contributed by atoms with Gasteiger partial charge in [0.25, 0.3) is 0 Å². The van der Waals surface area contributed by atoms with Gasteiger partial charge in [0, 0.05) is 24.2 Å². The fourth-order valence-electron chi connectivity index (χ4n) is 3.61. The van der Waals surface area contributed by atoms with Gasteiger partial charge in [-0.05, 0) is 57.2 Å². The van der Waals surface area contributed by atoms with Gasteiger partial charge in [0.05, 0.1) is 29.2 Å². The van der Waals surface area contributed by atoms with E-state index in [2.05, 4.69) is 10.3 Å². The van der Waals surface area contributed by atoms with E-state index < -0.39 is 10.0 Å². The second-order valence-corrected chi connectivity index (χ2v) is 10.7. The first-order valence-electron chi connectivity index (χ1n) is 10.3. The molecule has 2 unspecified atom stereocenters. The number of aromatic nitrogens is 1. The molecule has 2 atom stereocenters. The minimum Gasteiger partial charge on any atom is -0.459 e. The van der Waals surface area contributed by atoms with Crippen LogP contribution in [0.1, 0.15) is 25.3 Å². The highest BCUT2D eigenvalue weighted by molar-refractivity contribution is 7.89. The van der Waals surface area contributed by atoms with Gasteiger partial charge in [-0.3, -0.25) is 4.79 Å². The molecule has 0 saturated carbocycles. The Labute approximate surface area is 191 Å². The summed E-state index contributed by atoms with van der Waals surface area (Å²) >= 11 is 1.42. The molecule has 4 rings (SSSR count). The van der Waals surface area contributed by atoms with Crippen molar-refractivity contribution in [1.29, 1.82) is 0 Å². The van der Waals surface area contributed by atoms with E-state index in [1.807, 2.05) is 38.3 Å². The Kier molecular flexibility index (Phi) is 6.47. The monoisotopic (exact) mass is 475 g/mol. The molecule has 32 heavy (non-hydrogen) atoms. The number of aryl methyl sites for hydroxylation is 1. The van der Waals surface area contributed by atoms with Crippen molar-refractivity contribution in [3.63, 3.8) is 0 Å². The number of rotatable bonds is 6. The van der Waals surface area contributed by atoms with E-state index in [0.29, 0.717) is 30.2 Å². The molecule has 3 heterocycles. The standard InChI is InChI=1S/C22H25N3O5S2/c1-14-4-9-20(30-14)22-24-18(13-31-22)10-21(26)23-17-5-7-19(8-6-17)32(27,28)25-11-15(2)29-16(3)12-25/h4-9,13,15-16H,10-12H2,1-3H3,(H,23,26). The largest absolute Gasteiger partial charge is 0.459 e. The zero-order valence-corrected chi connectivity index (χ0v) is 19.7. The van der Waals surface area contributed by atoms with Gasteiger partial charge in [-0.2, -0.15) is 4.31 Å². The third-order valence-electron chi connectivity index (χ3n) is 5.01. The average Bonchev–Trinajstić information content (AvgIpc) is 3.36. The second kappa shape index (κ2) is 9.14. The number of sulfonamides is 1. The van der Waals surface area contributed by atoms with Gasteiger partial charge in [-0.15, -0.1) is 11.3 Å². The first-order chi connectivity index (χ1) is 15.2. The normalized spacial score (nSPS) is 19.7. The van der Waals surface area contributed by atoms with Gasteiger partial charge in [0.1, 0.15) is 5.76 Å². The van der Waals surface area contributed by atoms with Crippen LogP contribution in [0.15, 0.2) is 51.1 Å². The van der Waals surface area contributed by atoms with Crippen molar-refractivity contribution in [2.75, 3.05) is 18.4 Å². The number of benzene rings is 1. The van der Waals surface area contributed by atoms with Crippen LogP contribution in [0.4, 0.5) is 5.69 Å². The summed E-state index contributed by atoms with van der Waals surface area (Å²) < 4.78 is 38.5. The van der Waals surface area contributed by atoms with Crippen molar-refractivity contribution < 1.29 is 22.4 Å². The molecular weight excluding hydrogens is 450 g/mol. The maximum atomic E-state index is 12.9. The van der Waals surface area contributed by atoms with Crippen LogP contribution in [-0.2, 0) is 26.0 Å². The average molecular weight is 476 g/mol. The van der Waals surface area contributed by atoms with Crippen molar-refractivity contribution in [3.05, 3.63) is 53.2 Å². The molecule has 0 spiro atoms. The van der Waals surface area contributed by atoms with Crippen LogP contribution in [0, 0.1) is 6.92 Å². The van der Waals surface area contributed by atoms with Crippen LogP contribution in [-0.4, -0.2) is 48.9 Å². The van der Waals surface area contributed by atoms with Gasteiger partial charge in [-0.1, -0.05) is 0 Å². The number of nitrogens with one attached hydrogen (secondary N) is 1. The van der Waals surface area contributed by atoms with Crippen LogP contribution in [0.2, 0.25) is 0 Å². The summed E-state index contributed by atoms with van der Waals surface area (Å²) in [5.41, 5.74) is 1.17. The molecule has 10 heteroatoms. The number of hydrogen-bond acceptors (Lipinski definition) is 7. The van der Waals surface area contributed by atoms with Crippen molar-refractivity contribution >= 4 is 33.0 Å². The molecule has 2 aromatic heterocycles. The first-order valence-corrected chi connectivity index (χ1v) is 12.6. The zero-order valence-electron chi connectivity index (χ0n) is 18.1. The van der Waals surface area contributed by atoms with Crippen LogP contribution >= 0.6 is 11.3 Å². The molecule has 1 aromatic carbocycles. The minimum atomic E-state index is -3.62. The van der Waals surface area contributed by atoms with Gasteiger partial charge in [0.15, 0.2) is 10.8 Å². The minimum absolute atomic E-state index is 0.111. The quantitative estimate of drug-likeness (QED) is 0.583. The predicted molar refractivity (Wildman–Crippen MR) is 122 cm³/mol. The molecule has 1 saturated heterocycles. The highest BCUT2D eigenvalue weighted by atomic mass is 32.2. The Balaban J connectivity index is 1.38. The maximum absolute atomic E-state index is 12.9.